The molecule has 0 atom stereocenters. The van der Waals surface area contributed by atoms with Gasteiger partial charge in [-0.3, -0.25) is 4.79 Å². The van der Waals surface area contributed by atoms with Gasteiger partial charge in [-0.25, -0.2) is 4.39 Å². The Labute approximate surface area is 146 Å². The van der Waals surface area contributed by atoms with Crippen molar-refractivity contribution in [3.05, 3.63) is 83.7 Å². The molecule has 4 rings (SSSR count). The number of amides is 1. The lowest BCUT2D eigenvalue weighted by Gasteiger charge is -2.23. The van der Waals surface area contributed by atoms with Gasteiger partial charge in [0.2, 0.25) is 5.91 Å². The molecule has 0 saturated heterocycles. The molecule has 3 aromatic carbocycles. The average Bonchev–Trinajstić information content (AvgIpc) is 3.46. The fourth-order valence-electron chi connectivity index (χ4n) is 3.33. The van der Waals surface area contributed by atoms with Gasteiger partial charge >= 0.3 is 0 Å². The van der Waals surface area contributed by atoms with Crippen molar-refractivity contribution in [2.75, 3.05) is 0 Å². The van der Waals surface area contributed by atoms with E-state index in [9.17, 15) is 9.18 Å². The molecule has 0 radical (unpaired) electrons. The van der Waals surface area contributed by atoms with Crippen LogP contribution >= 0.6 is 0 Å². The molecule has 0 aliphatic heterocycles. The van der Waals surface area contributed by atoms with Crippen molar-refractivity contribution < 1.29 is 9.18 Å². The molecule has 1 aliphatic rings. The molecule has 3 heteroatoms. The summed E-state index contributed by atoms with van der Waals surface area (Å²) in [6.45, 7) is 0.348. The van der Waals surface area contributed by atoms with E-state index in [4.69, 9.17) is 0 Å². The smallest absolute Gasteiger partial charge is 0.227 e. The molecule has 0 spiro atoms. The molecule has 1 amide bonds. The molecule has 0 unspecified atom stereocenters. The molecule has 1 fully saturated rings. The van der Waals surface area contributed by atoms with Crippen LogP contribution in [0.5, 0.6) is 0 Å². The summed E-state index contributed by atoms with van der Waals surface area (Å²) < 4.78 is 14.0. The van der Waals surface area contributed by atoms with Gasteiger partial charge in [0.25, 0.3) is 0 Å². The third kappa shape index (κ3) is 3.41. The Morgan fingerprint density at radius 1 is 0.920 bits per heavy atom. The van der Waals surface area contributed by atoms with Crippen molar-refractivity contribution in [2.45, 2.75) is 31.8 Å². The van der Waals surface area contributed by atoms with Gasteiger partial charge in [0.1, 0.15) is 5.82 Å². The van der Waals surface area contributed by atoms with Gasteiger partial charge in [0.15, 0.2) is 0 Å². The lowest BCUT2D eigenvalue weighted by Crippen LogP contribution is -2.34. The molecule has 2 nitrogen and oxygen atoms in total. The van der Waals surface area contributed by atoms with Crippen LogP contribution in [0, 0.1) is 5.82 Å². The van der Waals surface area contributed by atoms with E-state index < -0.39 is 0 Å². The topological polar surface area (TPSA) is 20.3 Å². The molecule has 126 valence electrons. The number of nitrogens with zero attached hydrogens (tertiary/aromatic N) is 1. The van der Waals surface area contributed by atoms with Gasteiger partial charge in [-0.2, -0.15) is 0 Å². The Kier molecular flexibility index (Phi) is 4.22. The number of rotatable bonds is 5. The number of carbonyl (C=O) groups excluding carboxylic acids is 1. The number of hydrogen-bond donors (Lipinski definition) is 0. The average molecular weight is 333 g/mol. The van der Waals surface area contributed by atoms with Crippen molar-refractivity contribution >= 4 is 16.7 Å². The monoisotopic (exact) mass is 333 g/mol. The first-order valence-corrected chi connectivity index (χ1v) is 8.72. The van der Waals surface area contributed by atoms with Crippen LogP contribution in [-0.4, -0.2) is 16.8 Å². The van der Waals surface area contributed by atoms with Crippen LogP contribution in [0.25, 0.3) is 10.8 Å². The maximum absolute atomic E-state index is 14.0. The third-order valence-electron chi connectivity index (χ3n) is 4.83. The summed E-state index contributed by atoms with van der Waals surface area (Å²) in [5, 5.41) is 2.25. The molecular formula is C22H20FNO. The van der Waals surface area contributed by atoms with E-state index in [1.54, 1.807) is 12.1 Å². The van der Waals surface area contributed by atoms with E-state index in [1.807, 2.05) is 35.2 Å². The van der Waals surface area contributed by atoms with Gasteiger partial charge < -0.3 is 4.90 Å². The molecule has 1 saturated carbocycles. The van der Waals surface area contributed by atoms with Crippen LogP contribution in [0.15, 0.2) is 66.7 Å². The number of benzene rings is 3. The summed E-state index contributed by atoms with van der Waals surface area (Å²) >= 11 is 0. The molecular weight excluding hydrogens is 313 g/mol. The fourth-order valence-corrected chi connectivity index (χ4v) is 3.33. The van der Waals surface area contributed by atoms with Crippen LogP contribution in [0.2, 0.25) is 0 Å². The van der Waals surface area contributed by atoms with Gasteiger partial charge in [0.05, 0.1) is 6.42 Å². The van der Waals surface area contributed by atoms with E-state index >= 15 is 0 Å². The van der Waals surface area contributed by atoms with Crippen LogP contribution in [-0.2, 0) is 17.8 Å². The summed E-state index contributed by atoms with van der Waals surface area (Å²) in [7, 11) is 0. The second-order valence-electron chi connectivity index (χ2n) is 6.66. The van der Waals surface area contributed by atoms with Crippen molar-refractivity contribution in [3.63, 3.8) is 0 Å². The lowest BCUT2D eigenvalue weighted by molar-refractivity contribution is -0.131. The second-order valence-corrected chi connectivity index (χ2v) is 6.66. The minimum Gasteiger partial charge on any atom is -0.335 e. The number of fused-ring (bicyclic) bond motifs is 1. The molecule has 0 heterocycles. The second kappa shape index (κ2) is 6.67. The SMILES string of the molecule is O=C(Cc1cccc2ccccc12)N(Cc1ccccc1F)C1CC1. The minimum absolute atomic E-state index is 0.0714. The van der Waals surface area contributed by atoms with Crippen LogP contribution in [0.3, 0.4) is 0 Å². The maximum atomic E-state index is 14.0. The number of halogens is 1. The van der Waals surface area contributed by atoms with Crippen molar-refractivity contribution in [2.24, 2.45) is 0 Å². The molecule has 0 N–H and O–H groups in total. The first-order chi connectivity index (χ1) is 12.2. The zero-order valence-corrected chi connectivity index (χ0v) is 14.0. The van der Waals surface area contributed by atoms with E-state index in [0.717, 1.165) is 29.2 Å². The first-order valence-electron chi connectivity index (χ1n) is 8.72. The largest absolute Gasteiger partial charge is 0.335 e. The molecule has 3 aromatic rings. The van der Waals surface area contributed by atoms with Gasteiger partial charge in [-0.05, 0) is 35.2 Å². The summed E-state index contributed by atoms with van der Waals surface area (Å²) in [6.07, 6.45) is 2.37. The van der Waals surface area contributed by atoms with Gasteiger partial charge in [-0.1, -0.05) is 60.7 Å². The highest BCUT2D eigenvalue weighted by Gasteiger charge is 2.33. The predicted octanol–water partition coefficient (Wildman–Crippen LogP) is 4.71. The van der Waals surface area contributed by atoms with Gasteiger partial charge in [0, 0.05) is 18.2 Å². The Bertz CT molecular complexity index is 911. The van der Waals surface area contributed by atoms with Crippen molar-refractivity contribution in [1.29, 1.82) is 0 Å². The van der Waals surface area contributed by atoms with E-state index in [-0.39, 0.29) is 17.8 Å². The van der Waals surface area contributed by atoms with E-state index in [1.165, 1.54) is 6.07 Å². The zero-order chi connectivity index (χ0) is 17.2. The van der Waals surface area contributed by atoms with Crippen LogP contribution in [0.1, 0.15) is 24.0 Å². The lowest BCUT2D eigenvalue weighted by atomic mass is 10.0. The quantitative estimate of drug-likeness (QED) is 0.662. The van der Waals surface area contributed by atoms with Crippen molar-refractivity contribution in [3.8, 4) is 0 Å². The standard InChI is InChI=1S/C22H20FNO/c23-21-11-4-2-7-18(21)15-24(19-12-13-19)22(25)14-17-9-5-8-16-6-1-3-10-20(16)17/h1-11,19H,12-15H2. The minimum atomic E-state index is -0.244. The maximum Gasteiger partial charge on any atom is 0.227 e. The summed E-state index contributed by atoms with van der Waals surface area (Å²) in [5.74, 6) is -0.173. The highest BCUT2D eigenvalue weighted by molar-refractivity contribution is 5.90. The first kappa shape index (κ1) is 15.8. The molecule has 0 aromatic heterocycles. The zero-order valence-electron chi connectivity index (χ0n) is 14.0. The van der Waals surface area contributed by atoms with E-state index in [0.29, 0.717) is 18.5 Å². The summed E-state index contributed by atoms with van der Waals surface area (Å²) in [4.78, 5) is 14.8. The van der Waals surface area contributed by atoms with Crippen molar-refractivity contribution in [1.82, 2.24) is 4.90 Å². The summed E-state index contributed by atoms with van der Waals surface area (Å²) in [5.41, 5.74) is 1.61. The van der Waals surface area contributed by atoms with E-state index in [2.05, 4.69) is 18.2 Å². The predicted molar refractivity (Wildman–Crippen MR) is 97.6 cm³/mol. The highest BCUT2D eigenvalue weighted by atomic mass is 19.1. The highest BCUT2D eigenvalue weighted by Crippen LogP contribution is 2.30. The number of hydrogen-bond acceptors (Lipinski definition) is 1. The van der Waals surface area contributed by atoms with Gasteiger partial charge in [-0.15, -0.1) is 0 Å². The Hall–Kier alpha value is -2.68. The normalized spacial score (nSPS) is 13.8. The number of carbonyl (C=O) groups is 1. The summed E-state index contributed by atoms with van der Waals surface area (Å²) in [6, 6.07) is 21.1. The Morgan fingerprint density at radius 2 is 1.60 bits per heavy atom. The molecule has 25 heavy (non-hydrogen) atoms. The molecule has 0 bridgehead atoms. The Morgan fingerprint density at radius 3 is 2.40 bits per heavy atom. The fraction of sp³-hybridized carbons (Fsp3) is 0.227. The Balaban J connectivity index is 1.58. The molecule has 1 aliphatic carbocycles. The third-order valence-corrected chi connectivity index (χ3v) is 4.83. The van der Waals surface area contributed by atoms with Crippen LogP contribution < -0.4 is 0 Å². The van der Waals surface area contributed by atoms with Crippen LogP contribution in [0.4, 0.5) is 4.39 Å².